The molecule has 0 aliphatic heterocycles. The third-order valence-corrected chi connectivity index (χ3v) is 4.41. The summed E-state index contributed by atoms with van der Waals surface area (Å²) >= 11 is 0. The molecule has 4 nitrogen and oxygen atoms in total. The van der Waals surface area contributed by atoms with Gasteiger partial charge in [0.15, 0.2) is 5.82 Å². The van der Waals surface area contributed by atoms with Crippen molar-refractivity contribution in [1.29, 1.82) is 0 Å². The Morgan fingerprint density at radius 2 is 2.00 bits per heavy atom. The van der Waals surface area contributed by atoms with Crippen LogP contribution in [0.15, 0.2) is 22.7 Å². The SMILES string of the molecule is CC1(C)CCC(c2noc(-c3c(N)cccc3F)n2)CC1. The van der Waals surface area contributed by atoms with Crippen molar-refractivity contribution in [1.82, 2.24) is 10.1 Å². The van der Waals surface area contributed by atoms with Gasteiger partial charge in [-0.05, 0) is 43.2 Å². The van der Waals surface area contributed by atoms with Gasteiger partial charge in [0.05, 0.1) is 5.56 Å². The zero-order chi connectivity index (χ0) is 15.0. The molecule has 2 N–H and O–H groups in total. The van der Waals surface area contributed by atoms with Crippen molar-refractivity contribution >= 4 is 5.69 Å². The van der Waals surface area contributed by atoms with E-state index in [0.717, 1.165) is 25.7 Å². The molecule has 1 saturated carbocycles. The van der Waals surface area contributed by atoms with Gasteiger partial charge in [-0.3, -0.25) is 0 Å². The highest BCUT2D eigenvalue weighted by Crippen LogP contribution is 2.42. The van der Waals surface area contributed by atoms with E-state index >= 15 is 0 Å². The van der Waals surface area contributed by atoms with Crippen LogP contribution in [0.25, 0.3) is 11.5 Å². The molecule has 0 bridgehead atoms. The van der Waals surface area contributed by atoms with Crippen molar-refractivity contribution in [3.8, 4) is 11.5 Å². The van der Waals surface area contributed by atoms with Crippen LogP contribution in [-0.4, -0.2) is 10.1 Å². The van der Waals surface area contributed by atoms with Crippen molar-refractivity contribution in [2.24, 2.45) is 5.41 Å². The predicted molar refractivity (Wildman–Crippen MR) is 79.1 cm³/mol. The number of anilines is 1. The first kappa shape index (κ1) is 14.0. The number of nitrogen functional groups attached to an aromatic ring is 1. The molecule has 112 valence electrons. The molecule has 0 spiro atoms. The minimum atomic E-state index is -0.435. The molecule has 0 atom stereocenters. The Kier molecular flexibility index (Phi) is 3.43. The Balaban J connectivity index is 1.84. The molecular formula is C16H20FN3O. The van der Waals surface area contributed by atoms with Crippen molar-refractivity contribution < 1.29 is 8.91 Å². The second-order valence-electron chi connectivity index (χ2n) is 6.60. The van der Waals surface area contributed by atoms with Gasteiger partial charge in [-0.1, -0.05) is 25.1 Å². The van der Waals surface area contributed by atoms with Crippen molar-refractivity contribution in [2.45, 2.75) is 45.4 Å². The number of hydrogen-bond acceptors (Lipinski definition) is 4. The molecule has 21 heavy (non-hydrogen) atoms. The number of hydrogen-bond donors (Lipinski definition) is 1. The van der Waals surface area contributed by atoms with Gasteiger partial charge in [-0.15, -0.1) is 0 Å². The van der Waals surface area contributed by atoms with E-state index in [1.165, 1.54) is 6.07 Å². The molecule has 0 saturated heterocycles. The summed E-state index contributed by atoms with van der Waals surface area (Å²) in [6, 6.07) is 4.54. The molecule has 1 heterocycles. The fourth-order valence-electron chi connectivity index (χ4n) is 2.93. The zero-order valence-electron chi connectivity index (χ0n) is 12.4. The zero-order valence-corrected chi connectivity index (χ0v) is 12.4. The number of benzene rings is 1. The Morgan fingerprint density at radius 1 is 1.29 bits per heavy atom. The topological polar surface area (TPSA) is 64.9 Å². The predicted octanol–water partition coefficient (Wildman–Crippen LogP) is 4.14. The summed E-state index contributed by atoms with van der Waals surface area (Å²) in [5, 5.41) is 4.04. The fraction of sp³-hybridized carbons (Fsp3) is 0.500. The number of nitrogens with zero attached hydrogens (tertiary/aromatic N) is 2. The Morgan fingerprint density at radius 3 is 2.67 bits per heavy atom. The van der Waals surface area contributed by atoms with Crippen LogP contribution in [-0.2, 0) is 0 Å². The average molecular weight is 289 g/mol. The van der Waals surface area contributed by atoms with Crippen LogP contribution in [0.2, 0.25) is 0 Å². The van der Waals surface area contributed by atoms with Crippen LogP contribution in [0.1, 0.15) is 51.3 Å². The van der Waals surface area contributed by atoms with Gasteiger partial charge in [-0.25, -0.2) is 4.39 Å². The van der Waals surface area contributed by atoms with Crippen LogP contribution in [0, 0.1) is 11.2 Å². The highest BCUT2D eigenvalue weighted by Gasteiger charge is 2.30. The maximum Gasteiger partial charge on any atom is 0.263 e. The van der Waals surface area contributed by atoms with Crippen LogP contribution < -0.4 is 5.73 Å². The summed E-state index contributed by atoms with van der Waals surface area (Å²) < 4.78 is 19.1. The fourth-order valence-corrected chi connectivity index (χ4v) is 2.93. The maximum absolute atomic E-state index is 13.9. The van der Waals surface area contributed by atoms with Gasteiger partial charge in [0.25, 0.3) is 5.89 Å². The highest BCUT2D eigenvalue weighted by atomic mass is 19.1. The molecule has 1 aliphatic carbocycles. The second-order valence-corrected chi connectivity index (χ2v) is 6.60. The van der Waals surface area contributed by atoms with Crippen LogP contribution >= 0.6 is 0 Å². The van der Waals surface area contributed by atoms with Gasteiger partial charge >= 0.3 is 0 Å². The lowest BCUT2D eigenvalue weighted by Crippen LogP contribution is -2.20. The minimum Gasteiger partial charge on any atom is -0.398 e. The number of rotatable bonds is 2. The molecule has 2 aromatic rings. The quantitative estimate of drug-likeness (QED) is 0.844. The number of aromatic nitrogens is 2. The minimum absolute atomic E-state index is 0.172. The van der Waals surface area contributed by atoms with Gasteiger partial charge in [0, 0.05) is 11.6 Å². The maximum atomic E-state index is 13.9. The normalized spacial score (nSPS) is 18.8. The molecular weight excluding hydrogens is 269 g/mol. The summed E-state index contributed by atoms with van der Waals surface area (Å²) in [5.74, 6) is 0.701. The summed E-state index contributed by atoms with van der Waals surface area (Å²) in [6.07, 6.45) is 4.37. The average Bonchev–Trinajstić information content (AvgIpc) is 2.88. The third-order valence-electron chi connectivity index (χ3n) is 4.41. The van der Waals surface area contributed by atoms with Crippen molar-refractivity contribution in [2.75, 3.05) is 5.73 Å². The van der Waals surface area contributed by atoms with Gasteiger partial charge in [0.2, 0.25) is 0 Å². The van der Waals surface area contributed by atoms with Crippen molar-refractivity contribution in [3.05, 3.63) is 29.8 Å². The van der Waals surface area contributed by atoms with Gasteiger partial charge < -0.3 is 10.3 Å². The molecule has 0 radical (unpaired) electrons. The lowest BCUT2D eigenvalue weighted by molar-refractivity contribution is 0.218. The monoisotopic (exact) mass is 289 g/mol. The Bertz CT molecular complexity index is 620. The third kappa shape index (κ3) is 2.77. The Labute approximate surface area is 123 Å². The first-order chi connectivity index (χ1) is 9.96. The van der Waals surface area contributed by atoms with E-state index in [0.29, 0.717) is 22.8 Å². The summed E-state index contributed by atoms with van der Waals surface area (Å²) in [6.45, 7) is 4.57. The summed E-state index contributed by atoms with van der Waals surface area (Å²) in [5.41, 5.74) is 6.71. The summed E-state index contributed by atoms with van der Waals surface area (Å²) in [4.78, 5) is 4.38. The molecule has 0 unspecified atom stereocenters. The van der Waals surface area contributed by atoms with Crippen molar-refractivity contribution in [3.63, 3.8) is 0 Å². The second kappa shape index (κ2) is 5.13. The smallest absolute Gasteiger partial charge is 0.263 e. The lowest BCUT2D eigenvalue weighted by Gasteiger charge is -2.32. The van der Waals surface area contributed by atoms with E-state index in [4.69, 9.17) is 10.3 Å². The standard InChI is InChI=1S/C16H20FN3O/c1-16(2)8-6-10(7-9-16)14-19-15(21-20-14)13-11(17)4-3-5-12(13)18/h3-5,10H,6-9,18H2,1-2H3. The van der Waals surface area contributed by atoms with Crippen LogP contribution in [0.5, 0.6) is 0 Å². The van der Waals surface area contributed by atoms with Crippen LogP contribution in [0.3, 0.4) is 0 Å². The van der Waals surface area contributed by atoms with E-state index < -0.39 is 5.82 Å². The van der Waals surface area contributed by atoms with Gasteiger partial charge in [-0.2, -0.15) is 4.98 Å². The summed E-state index contributed by atoms with van der Waals surface area (Å²) in [7, 11) is 0. The first-order valence-electron chi connectivity index (χ1n) is 7.34. The van der Waals surface area contributed by atoms with E-state index in [9.17, 15) is 4.39 Å². The lowest BCUT2D eigenvalue weighted by atomic mass is 9.73. The number of halogens is 1. The molecule has 5 heteroatoms. The van der Waals surface area contributed by atoms with Gasteiger partial charge in [0.1, 0.15) is 5.82 Å². The molecule has 1 fully saturated rings. The number of nitrogens with two attached hydrogens (primary N) is 1. The highest BCUT2D eigenvalue weighted by molar-refractivity contribution is 5.70. The van der Waals surface area contributed by atoms with Crippen LogP contribution in [0.4, 0.5) is 10.1 Å². The molecule has 3 rings (SSSR count). The molecule has 0 amide bonds. The molecule has 1 aromatic carbocycles. The largest absolute Gasteiger partial charge is 0.398 e. The first-order valence-corrected chi connectivity index (χ1v) is 7.34. The molecule has 1 aliphatic rings. The Hall–Kier alpha value is -1.91. The van der Waals surface area contributed by atoms with E-state index in [2.05, 4.69) is 24.0 Å². The van der Waals surface area contributed by atoms with E-state index in [1.54, 1.807) is 12.1 Å². The van der Waals surface area contributed by atoms with E-state index in [-0.39, 0.29) is 11.5 Å². The van der Waals surface area contributed by atoms with E-state index in [1.807, 2.05) is 0 Å². The molecule has 1 aromatic heterocycles.